The monoisotopic (exact) mass is 439 g/mol. The predicted octanol–water partition coefficient (Wildman–Crippen LogP) is 5.77. The van der Waals surface area contributed by atoms with Crippen LogP contribution in [-0.4, -0.2) is 30.2 Å². The fraction of sp³-hybridized carbons (Fsp3) is 0.462. The number of nitrogens with one attached hydrogen (secondary N) is 1. The Bertz CT molecular complexity index is 897. The van der Waals surface area contributed by atoms with E-state index in [0.29, 0.717) is 19.0 Å². The summed E-state index contributed by atoms with van der Waals surface area (Å²) in [6, 6.07) is 12.4. The summed E-state index contributed by atoms with van der Waals surface area (Å²) in [7, 11) is 0. The lowest BCUT2D eigenvalue weighted by molar-refractivity contribution is 0.0691. The molecule has 2 aliphatic heterocycles. The molecule has 2 bridgehead atoms. The third kappa shape index (κ3) is 6.74. The zero-order valence-corrected chi connectivity index (χ0v) is 18.8. The lowest BCUT2D eigenvalue weighted by Gasteiger charge is -2.19. The van der Waals surface area contributed by atoms with Gasteiger partial charge in [-0.25, -0.2) is 4.79 Å². The van der Waals surface area contributed by atoms with Gasteiger partial charge in [0.2, 0.25) is 0 Å². The first-order valence-corrected chi connectivity index (χ1v) is 11.6. The van der Waals surface area contributed by atoms with Crippen LogP contribution in [0.3, 0.4) is 0 Å². The Kier molecular flexibility index (Phi) is 8.96. The summed E-state index contributed by atoms with van der Waals surface area (Å²) >= 11 is 0. The van der Waals surface area contributed by atoms with Gasteiger partial charge in [0.05, 0.1) is 24.8 Å². The molecule has 6 nitrogen and oxygen atoms in total. The van der Waals surface area contributed by atoms with Gasteiger partial charge in [0.1, 0.15) is 17.1 Å². The van der Waals surface area contributed by atoms with Crippen molar-refractivity contribution in [2.24, 2.45) is 0 Å². The molecule has 2 heterocycles. The quantitative estimate of drug-likeness (QED) is 0.632. The van der Waals surface area contributed by atoms with E-state index in [-0.39, 0.29) is 28.8 Å². The fourth-order valence-electron chi connectivity index (χ4n) is 3.90. The van der Waals surface area contributed by atoms with Crippen LogP contribution >= 0.6 is 0 Å². The summed E-state index contributed by atoms with van der Waals surface area (Å²) < 4.78 is 11.7. The number of carboxylic acid groups (broad SMARTS) is 1. The third-order valence-electron chi connectivity index (χ3n) is 5.74. The van der Waals surface area contributed by atoms with Gasteiger partial charge in [-0.15, -0.1) is 0 Å². The van der Waals surface area contributed by atoms with Gasteiger partial charge >= 0.3 is 5.97 Å². The zero-order valence-electron chi connectivity index (χ0n) is 18.8. The Hall–Kier alpha value is -3.02. The van der Waals surface area contributed by atoms with E-state index in [1.807, 2.05) is 37.3 Å². The summed E-state index contributed by atoms with van der Waals surface area (Å²) in [5.74, 6) is -1.05. The number of hydrogen-bond acceptors (Lipinski definition) is 4. The van der Waals surface area contributed by atoms with Crippen LogP contribution in [0.5, 0.6) is 11.5 Å². The topological polar surface area (TPSA) is 84.9 Å². The van der Waals surface area contributed by atoms with Crippen LogP contribution in [0.15, 0.2) is 42.5 Å². The Balaban J connectivity index is 1.89. The molecule has 1 atom stereocenters. The van der Waals surface area contributed by atoms with E-state index in [1.54, 1.807) is 6.07 Å². The number of carbonyl (C=O) groups is 2. The molecule has 1 unspecified atom stereocenters. The second kappa shape index (κ2) is 12.1. The van der Waals surface area contributed by atoms with Crippen molar-refractivity contribution in [1.82, 2.24) is 5.32 Å². The third-order valence-corrected chi connectivity index (χ3v) is 5.74. The van der Waals surface area contributed by atoms with Crippen molar-refractivity contribution < 1.29 is 24.2 Å². The van der Waals surface area contributed by atoms with Crippen LogP contribution in [0.25, 0.3) is 0 Å². The van der Waals surface area contributed by atoms with Crippen molar-refractivity contribution in [3.8, 4) is 11.5 Å². The minimum absolute atomic E-state index is 0.0490. The first-order chi connectivity index (χ1) is 15.6. The van der Waals surface area contributed by atoms with E-state index in [9.17, 15) is 14.7 Å². The molecular weight excluding hydrogens is 406 g/mol. The van der Waals surface area contributed by atoms with E-state index >= 15 is 0 Å². The molecule has 2 aromatic carbocycles. The Labute approximate surface area is 189 Å². The molecule has 2 aromatic rings. The summed E-state index contributed by atoms with van der Waals surface area (Å²) in [6.45, 7) is 2.75. The van der Waals surface area contributed by atoms with E-state index in [4.69, 9.17) is 9.47 Å². The van der Waals surface area contributed by atoms with Gasteiger partial charge < -0.3 is 19.9 Å². The van der Waals surface area contributed by atoms with Gasteiger partial charge in [0, 0.05) is 0 Å². The van der Waals surface area contributed by atoms with Crippen LogP contribution in [0.2, 0.25) is 0 Å². The number of hydrogen-bond donors (Lipinski definition) is 2. The second-order valence-electron chi connectivity index (χ2n) is 8.28. The summed E-state index contributed by atoms with van der Waals surface area (Å²) in [4.78, 5) is 25.2. The van der Waals surface area contributed by atoms with E-state index in [0.717, 1.165) is 37.7 Å². The molecule has 0 radical (unpaired) electrons. The maximum atomic E-state index is 13.2. The van der Waals surface area contributed by atoms with Gasteiger partial charge in [-0.05, 0) is 37.5 Å². The second-order valence-corrected chi connectivity index (χ2v) is 8.28. The van der Waals surface area contributed by atoms with Crippen molar-refractivity contribution in [2.45, 2.75) is 64.3 Å². The van der Waals surface area contributed by atoms with Crippen molar-refractivity contribution in [3.05, 3.63) is 59.2 Å². The number of carboxylic acids is 1. The maximum absolute atomic E-state index is 13.2. The molecule has 0 saturated heterocycles. The average molecular weight is 440 g/mol. The molecule has 172 valence electrons. The fourth-order valence-corrected chi connectivity index (χ4v) is 3.90. The van der Waals surface area contributed by atoms with Crippen LogP contribution in [0.4, 0.5) is 0 Å². The van der Waals surface area contributed by atoms with Crippen LogP contribution in [-0.2, 0) is 0 Å². The Morgan fingerprint density at radius 3 is 2.03 bits per heavy atom. The van der Waals surface area contributed by atoms with Crippen molar-refractivity contribution in [1.29, 1.82) is 0 Å². The Morgan fingerprint density at radius 1 is 0.844 bits per heavy atom. The number of benzene rings is 2. The molecule has 2 aliphatic rings. The van der Waals surface area contributed by atoms with Crippen LogP contribution < -0.4 is 14.8 Å². The molecule has 0 spiro atoms. The van der Waals surface area contributed by atoms with Gasteiger partial charge in [-0.2, -0.15) is 0 Å². The minimum atomic E-state index is -1.14. The lowest BCUT2D eigenvalue weighted by Crippen LogP contribution is -2.27. The molecule has 0 fully saturated rings. The van der Waals surface area contributed by atoms with Gasteiger partial charge in [-0.3, -0.25) is 4.79 Å². The molecule has 0 saturated carbocycles. The summed E-state index contributed by atoms with van der Waals surface area (Å²) in [5.41, 5.74) is 1.10. The normalized spacial score (nSPS) is 16.4. The van der Waals surface area contributed by atoms with Crippen LogP contribution in [0.1, 0.15) is 90.6 Å². The summed E-state index contributed by atoms with van der Waals surface area (Å²) in [5, 5.41) is 12.8. The van der Waals surface area contributed by atoms with E-state index in [1.165, 1.54) is 25.3 Å². The first kappa shape index (κ1) is 23.6. The maximum Gasteiger partial charge on any atom is 0.339 e. The molecule has 1 amide bonds. The molecule has 2 N–H and O–H groups in total. The number of fused-ring (bicyclic) bond motifs is 13. The highest BCUT2D eigenvalue weighted by Gasteiger charge is 2.24. The smallest absolute Gasteiger partial charge is 0.339 e. The van der Waals surface area contributed by atoms with E-state index < -0.39 is 5.97 Å². The number of carbonyl (C=O) groups excluding carboxylic acids is 1. The predicted molar refractivity (Wildman–Crippen MR) is 124 cm³/mol. The molecule has 32 heavy (non-hydrogen) atoms. The summed E-state index contributed by atoms with van der Waals surface area (Å²) in [6.07, 6.45) is 8.54. The highest BCUT2D eigenvalue weighted by molar-refractivity contribution is 6.02. The molecule has 4 rings (SSSR count). The van der Waals surface area contributed by atoms with Crippen molar-refractivity contribution in [3.63, 3.8) is 0 Å². The minimum Gasteiger partial charge on any atom is -0.494 e. The number of amides is 1. The SMILES string of the molecule is CC(NC(=O)c1cc2cc(C(=O)O)c1OCCCCCCCCCCO2)c1ccccc1. The molecule has 0 aromatic heterocycles. The average Bonchev–Trinajstić information content (AvgIpc) is 2.79. The van der Waals surface area contributed by atoms with Gasteiger partial charge in [-0.1, -0.05) is 68.9 Å². The van der Waals surface area contributed by atoms with Gasteiger partial charge in [0.25, 0.3) is 5.91 Å². The Morgan fingerprint density at radius 2 is 1.41 bits per heavy atom. The highest BCUT2D eigenvalue weighted by atomic mass is 16.5. The van der Waals surface area contributed by atoms with Crippen LogP contribution in [0, 0.1) is 0 Å². The molecule has 0 aliphatic carbocycles. The molecular formula is C26H33NO5. The van der Waals surface area contributed by atoms with Crippen molar-refractivity contribution >= 4 is 11.9 Å². The largest absolute Gasteiger partial charge is 0.494 e. The van der Waals surface area contributed by atoms with Gasteiger partial charge in [0.15, 0.2) is 0 Å². The van der Waals surface area contributed by atoms with E-state index in [2.05, 4.69) is 5.32 Å². The number of ether oxygens (including phenoxy) is 2. The standard InChI is InChI=1S/C26H33NO5/c1-19(20-13-9-8-10-14-20)27-25(28)22-17-21-18-23(26(29)30)24(22)32-16-12-7-5-3-2-4-6-11-15-31-21/h8-10,13-14,17-19H,2-7,11-12,15-16H2,1H3,(H,27,28)(H,29,30). The number of rotatable bonds is 4. The highest BCUT2D eigenvalue weighted by Crippen LogP contribution is 2.31. The molecule has 6 heteroatoms. The zero-order chi connectivity index (χ0) is 22.8. The lowest BCUT2D eigenvalue weighted by atomic mass is 10.0. The number of aromatic carboxylic acids is 1. The first-order valence-electron chi connectivity index (χ1n) is 11.6. The van der Waals surface area contributed by atoms with Crippen molar-refractivity contribution in [2.75, 3.05) is 13.2 Å².